The van der Waals surface area contributed by atoms with Crippen LogP contribution in [0.25, 0.3) is 0 Å². The van der Waals surface area contributed by atoms with Gasteiger partial charge >= 0.3 is 15.6 Å². The largest absolute Gasteiger partial charge is 0.524 e. The van der Waals surface area contributed by atoms with Gasteiger partial charge < -0.3 is 19.2 Å². The van der Waals surface area contributed by atoms with Crippen molar-refractivity contribution in [2.75, 3.05) is 0 Å². The molecule has 0 amide bonds. The molecule has 0 radical (unpaired) electrons. The summed E-state index contributed by atoms with van der Waals surface area (Å²) in [4.78, 5) is 40.1. The highest BCUT2D eigenvalue weighted by Crippen LogP contribution is 2.47. The van der Waals surface area contributed by atoms with Crippen molar-refractivity contribution < 1.29 is 38.1 Å². The Morgan fingerprint density at radius 1 is 0.846 bits per heavy atom. The van der Waals surface area contributed by atoms with Crippen molar-refractivity contribution in [1.82, 2.24) is 0 Å². The molecule has 0 saturated heterocycles. The molecule has 152 valence electrons. The van der Waals surface area contributed by atoms with Crippen LogP contribution in [-0.4, -0.2) is 24.5 Å². The summed E-state index contributed by atoms with van der Waals surface area (Å²) in [5.74, 6) is 0.320. The van der Waals surface area contributed by atoms with E-state index in [2.05, 4.69) is 6.92 Å². The summed E-state index contributed by atoms with van der Waals surface area (Å²) < 4.78 is 25.4. The molecule has 8 nitrogen and oxygen atoms in total. The highest BCUT2D eigenvalue weighted by atomic mass is 31.2. The molecule has 26 heavy (non-hydrogen) atoms. The lowest BCUT2D eigenvalue weighted by Gasteiger charge is -2.30. The number of benzene rings is 1. The van der Waals surface area contributed by atoms with E-state index in [9.17, 15) is 14.4 Å². The minimum atomic E-state index is -4.64. The molecule has 0 unspecified atom stereocenters. The van der Waals surface area contributed by atoms with Crippen molar-refractivity contribution in [3.05, 3.63) is 28.8 Å². The Morgan fingerprint density at radius 2 is 1.15 bits per heavy atom. The van der Waals surface area contributed by atoms with Crippen LogP contribution in [0.1, 0.15) is 65.2 Å². The third kappa shape index (κ3) is 9.83. The van der Waals surface area contributed by atoms with Crippen LogP contribution in [0.4, 0.5) is 0 Å². The number of phosphoric ester groups is 1. The van der Waals surface area contributed by atoms with Crippen molar-refractivity contribution in [3.8, 4) is 5.75 Å². The minimum absolute atomic E-state index is 0.268. The Labute approximate surface area is 154 Å². The normalized spacial score (nSPS) is 13.1. The van der Waals surface area contributed by atoms with E-state index in [0.717, 1.165) is 23.1 Å². The van der Waals surface area contributed by atoms with Crippen LogP contribution in [-0.2, 0) is 26.4 Å². The quantitative estimate of drug-likeness (QED) is 0.475. The van der Waals surface area contributed by atoms with Gasteiger partial charge in [-0.3, -0.25) is 9.79 Å². The minimum Gasteiger partial charge on any atom is -0.404 e. The first-order valence-corrected chi connectivity index (χ1v) is 11.1. The number of aryl methyl sites for hydroxylation is 1. The molecular formula is C16H30O8P2. The van der Waals surface area contributed by atoms with E-state index >= 15 is 0 Å². The molecule has 0 aliphatic carbocycles. The zero-order valence-corrected chi connectivity index (χ0v) is 18.0. The molecule has 0 fully saturated rings. The van der Waals surface area contributed by atoms with Crippen LogP contribution < -0.4 is 4.52 Å². The SMILES string of the molecule is CCc1cc(C(C)(C)C)c(OP(=O)(O)O)c(C(C)(C)C)c1.O=P(O)(O)O. The number of hydrogen-bond donors (Lipinski definition) is 5. The molecule has 1 rings (SSSR count). The summed E-state index contributed by atoms with van der Waals surface area (Å²) in [6, 6.07) is 3.97. The zero-order chi connectivity index (χ0) is 21.1. The predicted molar refractivity (Wildman–Crippen MR) is 100 cm³/mol. The third-order valence-electron chi connectivity index (χ3n) is 3.38. The first-order valence-electron chi connectivity index (χ1n) is 7.97. The van der Waals surface area contributed by atoms with Crippen LogP contribution in [0, 0.1) is 0 Å². The smallest absolute Gasteiger partial charge is 0.404 e. The average Bonchev–Trinajstić information content (AvgIpc) is 2.32. The summed E-state index contributed by atoms with van der Waals surface area (Å²) in [7, 11) is -9.24. The Balaban J connectivity index is 0.00000110. The van der Waals surface area contributed by atoms with Gasteiger partial charge in [0.1, 0.15) is 5.75 Å². The second-order valence-corrected chi connectivity index (χ2v) is 10.2. The fraction of sp³-hybridized carbons (Fsp3) is 0.625. The lowest BCUT2D eigenvalue weighted by Crippen LogP contribution is -2.20. The number of hydrogen-bond acceptors (Lipinski definition) is 3. The van der Waals surface area contributed by atoms with E-state index in [1.54, 1.807) is 0 Å². The maximum atomic E-state index is 11.4. The van der Waals surface area contributed by atoms with Gasteiger partial charge in [0.15, 0.2) is 0 Å². The van der Waals surface area contributed by atoms with Crippen molar-refractivity contribution in [2.24, 2.45) is 0 Å². The molecular weight excluding hydrogens is 382 g/mol. The summed E-state index contributed by atoms with van der Waals surface area (Å²) in [6.45, 7) is 14.2. The molecule has 0 spiro atoms. The second-order valence-electron chi connectivity index (χ2n) is 7.97. The average molecular weight is 412 g/mol. The third-order valence-corrected chi connectivity index (χ3v) is 3.80. The Kier molecular flexibility index (Phi) is 8.29. The van der Waals surface area contributed by atoms with Gasteiger partial charge in [0.25, 0.3) is 0 Å². The van der Waals surface area contributed by atoms with Gasteiger partial charge in [-0.15, -0.1) is 0 Å². The topological polar surface area (TPSA) is 145 Å². The summed E-state index contributed by atoms with van der Waals surface area (Å²) >= 11 is 0. The van der Waals surface area contributed by atoms with E-state index in [1.807, 2.05) is 53.7 Å². The van der Waals surface area contributed by atoms with Gasteiger partial charge in [-0.1, -0.05) is 60.6 Å². The van der Waals surface area contributed by atoms with E-state index in [-0.39, 0.29) is 10.8 Å². The molecule has 10 heteroatoms. The molecule has 0 atom stereocenters. The van der Waals surface area contributed by atoms with Gasteiger partial charge in [-0.25, -0.2) is 9.13 Å². The Bertz CT molecular complexity index is 661. The summed E-state index contributed by atoms with van der Waals surface area (Å²) in [6.07, 6.45) is 0.863. The van der Waals surface area contributed by atoms with Gasteiger partial charge in [-0.2, -0.15) is 0 Å². The standard InChI is InChI=1S/C16H27O4P.H3O4P/c1-8-11-9-12(15(2,3)4)14(20-21(17,18)19)13(10-11)16(5,6)7;1-5(2,3)4/h9-10H,8H2,1-7H3,(H2,17,18,19);(H3,1,2,3,4). The highest BCUT2D eigenvalue weighted by molar-refractivity contribution is 7.46. The molecule has 0 saturated carbocycles. The molecule has 1 aromatic rings. The lowest BCUT2D eigenvalue weighted by molar-refractivity contribution is 0.274. The molecule has 0 aromatic heterocycles. The summed E-state index contributed by atoms with van der Waals surface area (Å²) in [5, 5.41) is 0. The van der Waals surface area contributed by atoms with Gasteiger partial charge in [0.2, 0.25) is 0 Å². The van der Waals surface area contributed by atoms with Crippen LogP contribution in [0.5, 0.6) is 5.75 Å². The fourth-order valence-electron chi connectivity index (χ4n) is 2.22. The first kappa shape index (κ1) is 25.3. The maximum Gasteiger partial charge on any atom is 0.524 e. The zero-order valence-electron chi connectivity index (χ0n) is 16.2. The molecule has 0 heterocycles. The monoisotopic (exact) mass is 412 g/mol. The Hall–Kier alpha value is -0.720. The predicted octanol–water partition coefficient (Wildman–Crippen LogP) is 3.39. The van der Waals surface area contributed by atoms with Crippen molar-refractivity contribution in [2.45, 2.75) is 65.7 Å². The maximum absolute atomic E-state index is 11.4. The highest BCUT2D eigenvalue weighted by Gasteiger charge is 2.31. The fourth-order valence-corrected chi connectivity index (χ4v) is 2.66. The Morgan fingerprint density at radius 3 is 1.35 bits per heavy atom. The molecule has 5 N–H and O–H groups in total. The second kappa shape index (κ2) is 8.53. The molecule has 0 aliphatic heterocycles. The first-order chi connectivity index (χ1) is 11.3. The summed E-state index contributed by atoms with van der Waals surface area (Å²) in [5.41, 5.74) is 2.26. The van der Waals surface area contributed by atoms with Crippen LogP contribution >= 0.6 is 15.6 Å². The molecule has 1 aromatic carbocycles. The van der Waals surface area contributed by atoms with E-state index in [0.29, 0.717) is 5.75 Å². The van der Waals surface area contributed by atoms with Crippen LogP contribution in [0.15, 0.2) is 12.1 Å². The van der Waals surface area contributed by atoms with Gasteiger partial charge in [0.05, 0.1) is 0 Å². The molecule has 0 aliphatic rings. The van der Waals surface area contributed by atoms with Crippen molar-refractivity contribution in [3.63, 3.8) is 0 Å². The van der Waals surface area contributed by atoms with Crippen LogP contribution in [0.2, 0.25) is 0 Å². The van der Waals surface area contributed by atoms with Crippen LogP contribution in [0.3, 0.4) is 0 Å². The van der Waals surface area contributed by atoms with E-state index in [4.69, 9.17) is 23.8 Å². The van der Waals surface area contributed by atoms with Crippen molar-refractivity contribution in [1.29, 1.82) is 0 Å². The van der Waals surface area contributed by atoms with Gasteiger partial charge in [-0.05, 0) is 22.8 Å². The van der Waals surface area contributed by atoms with E-state index in [1.165, 1.54) is 0 Å². The lowest BCUT2D eigenvalue weighted by atomic mass is 9.78. The number of phosphoric acid groups is 2. The van der Waals surface area contributed by atoms with Crippen molar-refractivity contribution >= 4 is 15.6 Å². The molecule has 0 bridgehead atoms. The van der Waals surface area contributed by atoms with Gasteiger partial charge in [0, 0.05) is 11.1 Å². The number of rotatable bonds is 3. The van der Waals surface area contributed by atoms with E-state index < -0.39 is 15.6 Å².